The van der Waals surface area contributed by atoms with Gasteiger partial charge < -0.3 is 25.0 Å². The summed E-state index contributed by atoms with van der Waals surface area (Å²) >= 11 is 7.09. The minimum absolute atomic E-state index is 0.0544. The van der Waals surface area contributed by atoms with Crippen molar-refractivity contribution in [2.24, 2.45) is 0 Å². The molecule has 0 aliphatic carbocycles. The number of Topliss-reactive ketones (excluding diaryl/α,β-unsaturated/α-hetero) is 1. The number of aliphatic carboxylic acids is 1. The Morgan fingerprint density at radius 2 is 2.02 bits per heavy atom. The van der Waals surface area contributed by atoms with Crippen LogP contribution in [0.1, 0.15) is 42.8 Å². The fraction of sp³-hybridized carbons (Fsp3) is 0.323. The number of hydrogen-bond acceptors (Lipinski definition) is 11. The molecule has 0 radical (unpaired) electrons. The maximum Gasteiger partial charge on any atom is 0.305 e. The van der Waals surface area contributed by atoms with E-state index < -0.39 is 47.5 Å². The zero-order chi connectivity index (χ0) is 34.1. The van der Waals surface area contributed by atoms with Gasteiger partial charge in [-0.05, 0) is 43.7 Å². The number of hydrogen-bond donors (Lipinski definition) is 3. The van der Waals surface area contributed by atoms with Crippen molar-refractivity contribution in [2.75, 3.05) is 18.2 Å². The molecule has 47 heavy (non-hydrogen) atoms. The average Bonchev–Trinajstić information content (AvgIpc) is 3.48. The first kappa shape index (κ1) is 35.1. The molecular formula is C31H32ClFN6O7S. The van der Waals surface area contributed by atoms with Gasteiger partial charge in [-0.15, -0.1) is 11.8 Å². The van der Waals surface area contributed by atoms with Crippen LogP contribution in [0.4, 0.5) is 10.2 Å². The lowest BCUT2D eigenvalue weighted by molar-refractivity contribution is -0.140. The van der Waals surface area contributed by atoms with Gasteiger partial charge >= 0.3 is 5.97 Å². The topological polar surface area (TPSA) is 179 Å². The quantitative estimate of drug-likeness (QED) is 0.151. The third kappa shape index (κ3) is 8.95. The minimum Gasteiger partial charge on any atom is -0.496 e. The number of halogens is 2. The van der Waals surface area contributed by atoms with E-state index in [0.717, 1.165) is 16.3 Å². The van der Waals surface area contributed by atoms with E-state index in [1.54, 1.807) is 32.0 Å². The zero-order valence-electron chi connectivity index (χ0n) is 25.7. The number of amides is 1. The van der Waals surface area contributed by atoms with E-state index in [4.69, 9.17) is 20.9 Å². The van der Waals surface area contributed by atoms with Crippen LogP contribution in [0.15, 0.2) is 58.1 Å². The molecule has 0 fully saturated rings. The number of carbonyl (C=O) groups is 3. The Bertz CT molecular complexity index is 1800. The van der Waals surface area contributed by atoms with E-state index in [1.165, 1.54) is 37.7 Å². The number of ketones is 1. The van der Waals surface area contributed by atoms with Crippen molar-refractivity contribution in [3.8, 4) is 17.2 Å². The number of ether oxygens (including phenoxy) is 1. The van der Waals surface area contributed by atoms with Crippen LogP contribution in [0.5, 0.6) is 5.75 Å². The lowest BCUT2D eigenvalue weighted by Gasteiger charge is -2.22. The summed E-state index contributed by atoms with van der Waals surface area (Å²) in [7, 11) is 1.51. The molecule has 4 rings (SSSR count). The van der Waals surface area contributed by atoms with E-state index in [2.05, 4.69) is 25.8 Å². The predicted octanol–water partition coefficient (Wildman–Crippen LogP) is 4.43. The van der Waals surface area contributed by atoms with Gasteiger partial charge in [-0.2, -0.15) is 4.98 Å². The van der Waals surface area contributed by atoms with Gasteiger partial charge in [0.15, 0.2) is 17.4 Å². The van der Waals surface area contributed by atoms with Gasteiger partial charge in [0.1, 0.15) is 17.6 Å². The number of carboxylic acid groups (broad SMARTS) is 1. The fourth-order valence-electron chi connectivity index (χ4n) is 4.66. The van der Waals surface area contributed by atoms with Crippen molar-refractivity contribution in [2.45, 2.75) is 51.1 Å². The fourth-order valence-corrected chi connectivity index (χ4v) is 5.97. The van der Waals surface area contributed by atoms with Crippen molar-refractivity contribution >= 4 is 46.8 Å². The van der Waals surface area contributed by atoms with Gasteiger partial charge in [-0.3, -0.25) is 23.7 Å². The molecule has 0 aliphatic rings. The van der Waals surface area contributed by atoms with Crippen molar-refractivity contribution in [1.82, 2.24) is 25.0 Å². The molecule has 3 N–H and O–H groups in total. The predicted molar refractivity (Wildman–Crippen MR) is 173 cm³/mol. The van der Waals surface area contributed by atoms with Gasteiger partial charge in [0.05, 0.1) is 25.3 Å². The molecule has 2 atom stereocenters. The molecule has 0 bridgehead atoms. The Balaban J connectivity index is 1.47. The second kappa shape index (κ2) is 16.2. The summed E-state index contributed by atoms with van der Waals surface area (Å²) in [5, 5.41) is 18.9. The van der Waals surface area contributed by atoms with E-state index in [9.17, 15) is 28.7 Å². The minimum atomic E-state index is -1.38. The van der Waals surface area contributed by atoms with Gasteiger partial charge in [0.25, 0.3) is 11.4 Å². The maximum atomic E-state index is 14.1. The summed E-state index contributed by atoms with van der Waals surface area (Å²) in [5.41, 5.74) is 0.901. The van der Waals surface area contributed by atoms with Crippen molar-refractivity contribution in [3.63, 3.8) is 0 Å². The van der Waals surface area contributed by atoms with Crippen LogP contribution >= 0.6 is 23.4 Å². The monoisotopic (exact) mass is 686 g/mol. The van der Waals surface area contributed by atoms with Crippen LogP contribution in [0.2, 0.25) is 5.02 Å². The highest BCUT2D eigenvalue weighted by atomic mass is 35.5. The standard InChI is InChI=1S/C31H32ClFN6O7S/c1-4-24(29(43)37-23(13-27(41)42)25(40)16-47-15-20-21(32)6-5-7-22(20)33)39-11-10-34-28(31(39)44)35-14-19-12-18(8-9-26(19)45-3)30-36-17(2)38-46-30/h5-12,23-24H,4,13-16H2,1-3H3,(H,34,35)(H,37,43)(H,41,42)/t23-,24?/m0/s1. The summed E-state index contributed by atoms with van der Waals surface area (Å²) in [4.78, 5) is 59.8. The second-order valence-corrected chi connectivity index (χ2v) is 11.7. The highest BCUT2D eigenvalue weighted by molar-refractivity contribution is 7.99. The molecule has 0 aliphatic heterocycles. The number of thioether (sulfide) groups is 1. The SMILES string of the molecule is CCC(C(=O)N[C@@H](CC(=O)O)C(=O)CSCc1c(F)cccc1Cl)n1ccnc(NCc2cc(-c3nc(C)no3)ccc2OC)c1=O. The molecule has 2 heterocycles. The number of nitrogens with zero attached hydrogens (tertiary/aromatic N) is 4. The number of carbonyl (C=O) groups excluding carboxylic acids is 2. The smallest absolute Gasteiger partial charge is 0.305 e. The molecule has 0 saturated heterocycles. The van der Waals surface area contributed by atoms with Crippen LogP contribution in [0.25, 0.3) is 11.5 Å². The third-order valence-electron chi connectivity index (χ3n) is 7.03. The number of aromatic nitrogens is 4. The molecule has 2 aromatic heterocycles. The number of aryl methyl sites for hydroxylation is 1. The molecule has 4 aromatic rings. The summed E-state index contributed by atoms with van der Waals surface area (Å²) in [6.45, 7) is 3.48. The van der Waals surface area contributed by atoms with Crippen molar-refractivity contribution in [3.05, 3.63) is 86.9 Å². The Kier molecular flexibility index (Phi) is 12.1. The molecule has 0 spiro atoms. The van der Waals surface area contributed by atoms with E-state index >= 15 is 0 Å². The first-order valence-corrected chi connectivity index (χ1v) is 15.9. The average molecular weight is 687 g/mol. The van der Waals surface area contributed by atoms with Crippen molar-refractivity contribution < 1.29 is 33.1 Å². The van der Waals surface area contributed by atoms with Crippen LogP contribution in [-0.4, -0.2) is 61.4 Å². The normalized spacial score (nSPS) is 12.3. The molecule has 0 saturated carbocycles. The van der Waals surface area contributed by atoms with E-state index in [-0.39, 0.29) is 40.9 Å². The van der Waals surface area contributed by atoms with Gasteiger partial charge in [0.2, 0.25) is 5.91 Å². The number of benzene rings is 2. The Labute approximate surface area is 277 Å². The number of nitrogens with one attached hydrogen (secondary N) is 2. The van der Waals surface area contributed by atoms with Gasteiger partial charge in [-0.1, -0.05) is 29.7 Å². The maximum absolute atomic E-state index is 14.1. The number of anilines is 1. The molecule has 1 amide bonds. The number of rotatable bonds is 16. The van der Waals surface area contributed by atoms with E-state index in [0.29, 0.717) is 28.6 Å². The first-order valence-electron chi connectivity index (χ1n) is 14.4. The number of methoxy groups -OCH3 is 1. The number of carboxylic acids is 1. The van der Waals surface area contributed by atoms with Gasteiger partial charge in [0, 0.05) is 46.4 Å². The first-order chi connectivity index (χ1) is 22.5. The highest BCUT2D eigenvalue weighted by Gasteiger charge is 2.28. The van der Waals surface area contributed by atoms with Crippen molar-refractivity contribution in [1.29, 1.82) is 0 Å². The Morgan fingerprint density at radius 3 is 2.68 bits per heavy atom. The largest absolute Gasteiger partial charge is 0.496 e. The van der Waals surface area contributed by atoms with Crippen LogP contribution < -0.4 is 20.9 Å². The lowest BCUT2D eigenvalue weighted by Crippen LogP contribution is -2.47. The van der Waals surface area contributed by atoms with Crippen LogP contribution in [-0.2, 0) is 26.7 Å². The second-order valence-electron chi connectivity index (χ2n) is 10.3. The molecule has 13 nitrogen and oxygen atoms in total. The lowest BCUT2D eigenvalue weighted by atomic mass is 10.1. The summed E-state index contributed by atoms with van der Waals surface area (Å²) in [6, 6.07) is 7.02. The molecule has 248 valence electrons. The van der Waals surface area contributed by atoms with Crippen LogP contribution in [0.3, 0.4) is 0 Å². The summed E-state index contributed by atoms with van der Waals surface area (Å²) in [6.07, 6.45) is 2.15. The molecule has 16 heteroatoms. The zero-order valence-corrected chi connectivity index (χ0v) is 27.2. The molecule has 1 unspecified atom stereocenters. The molecule has 2 aromatic carbocycles. The Hall–Kier alpha value is -4.76. The van der Waals surface area contributed by atoms with Gasteiger partial charge in [-0.25, -0.2) is 9.37 Å². The highest BCUT2D eigenvalue weighted by Crippen LogP contribution is 2.27. The van der Waals surface area contributed by atoms with E-state index in [1.807, 2.05) is 0 Å². The molecular weight excluding hydrogens is 655 g/mol. The third-order valence-corrected chi connectivity index (χ3v) is 8.37. The Morgan fingerprint density at radius 1 is 1.23 bits per heavy atom. The van der Waals surface area contributed by atoms with Crippen LogP contribution in [0, 0.1) is 12.7 Å². The summed E-state index contributed by atoms with van der Waals surface area (Å²) in [5.74, 6) is -2.01. The summed E-state index contributed by atoms with van der Waals surface area (Å²) < 4.78 is 26.0.